The van der Waals surface area contributed by atoms with Crippen LogP contribution in [-0.4, -0.2) is 38.0 Å². The van der Waals surface area contributed by atoms with Crippen molar-refractivity contribution < 1.29 is 14.2 Å². The van der Waals surface area contributed by atoms with Crippen molar-refractivity contribution in [2.24, 2.45) is 0 Å². The molecule has 0 amide bonds. The minimum Gasteiger partial charge on any atom is -0.396 e. The highest BCUT2D eigenvalue weighted by Crippen LogP contribution is 2.29. The second-order valence-corrected chi connectivity index (χ2v) is 4.39. The Labute approximate surface area is 101 Å². The fraction of sp³-hybridized carbons (Fsp3) is 0.538. The average Bonchev–Trinajstić information content (AvgIpc) is 2.39. The van der Waals surface area contributed by atoms with E-state index in [9.17, 15) is 9.50 Å². The van der Waals surface area contributed by atoms with Crippen molar-refractivity contribution in [2.75, 3.05) is 37.8 Å². The lowest BCUT2D eigenvalue weighted by Crippen LogP contribution is -2.37. The maximum absolute atomic E-state index is 13.3. The molecule has 1 atom stereocenters. The first-order chi connectivity index (χ1) is 8.22. The van der Waals surface area contributed by atoms with Crippen LogP contribution >= 0.6 is 0 Å². The first-order valence-electron chi connectivity index (χ1n) is 5.95. The van der Waals surface area contributed by atoms with E-state index in [-0.39, 0.29) is 18.3 Å². The third-order valence-electron chi connectivity index (χ3n) is 3.15. The van der Waals surface area contributed by atoms with Crippen LogP contribution in [0.25, 0.3) is 0 Å². The summed E-state index contributed by atoms with van der Waals surface area (Å²) in [5.74, 6) is -0.214. The zero-order valence-electron chi connectivity index (χ0n) is 10.0. The highest BCUT2D eigenvalue weighted by Gasteiger charge is 2.18. The monoisotopic (exact) mass is 239 g/mol. The smallest absolute Gasteiger partial charge is 0.125 e. The van der Waals surface area contributed by atoms with Gasteiger partial charge in [0.2, 0.25) is 0 Å². The number of ether oxygens (including phenoxy) is 1. The second-order valence-electron chi connectivity index (χ2n) is 4.39. The van der Waals surface area contributed by atoms with Gasteiger partial charge in [0.25, 0.3) is 0 Å². The Morgan fingerprint density at radius 3 is 2.76 bits per heavy atom. The van der Waals surface area contributed by atoms with Crippen LogP contribution in [0.5, 0.6) is 0 Å². The van der Waals surface area contributed by atoms with E-state index in [2.05, 4.69) is 4.90 Å². The summed E-state index contributed by atoms with van der Waals surface area (Å²) in [5, 5.41) is 9.24. The molecule has 0 aromatic heterocycles. The third-order valence-corrected chi connectivity index (χ3v) is 3.15. The predicted molar refractivity (Wildman–Crippen MR) is 64.9 cm³/mol. The normalized spacial score (nSPS) is 18.2. The van der Waals surface area contributed by atoms with Crippen molar-refractivity contribution in [3.05, 3.63) is 29.6 Å². The fourth-order valence-electron chi connectivity index (χ4n) is 2.11. The fourth-order valence-corrected chi connectivity index (χ4v) is 2.11. The topological polar surface area (TPSA) is 32.7 Å². The molecule has 1 aromatic carbocycles. The summed E-state index contributed by atoms with van der Waals surface area (Å²) in [6.07, 6.45) is 0. The molecule has 1 aliphatic heterocycles. The molecule has 0 saturated carbocycles. The molecule has 0 radical (unpaired) electrons. The maximum atomic E-state index is 13.3. The van der Waals surface area contributed by atoms with Gasteiger partial charge in [0.15, 0.2) is 0 Å². The Kier molecular flexibility index (Phi) is 3.97. The van der Waals surface area contributed by atoms with Gasteiger partial charge in [-0.25, -0.2) is 4.39 Å². The van der Waals surface area contributed by atoms with E-state index in [0.29, 0.717) is 13.2 Å². The number of morpholine rings is 1. The summed E-state index contributed by atoms with van der Waals surface area (Å²) in [5.41, 5.74) is 1.88. The van der Waals surface area contributed by atoms with Crippen LogP contribution in [-0.2, 0) is 4.74 Å². The summed E-state index contributed by atoms with van der Waals surface area (Å²) < 4.78 is 18.6. The van der Waals surface area contributed by atoms with Crippen molar-refractivity contribution in [1.29, 1.82) is 0 Å². The van der Waals surface area contributed by atoms with E-state index in [1.54, 1.807) is 12.1 Å². The van der Waals surface area contributed by atoms with Gasteiger partial charge in [0.05, 0.1) is 13.2 Å². The van der Waals surface area contributed by atoms with Crippen LogP contribution in [0.1, 0.15) is 18.4 Å². The largest absolute Gasteiger partial charge is 0.396 e. The van der Waals surface area contributed by atoms with Gasteiger partial charge >= 0.3 is 0 Å². The van der Waals surface area contributed by atoms with Gasteiger partial charge in [-0.15, -0.1) is 0 Å². The molecule has 17 heavy (non-hydrogen) atoms. The molecule has 4 heteroatoms. The number of nitrogens with zero attached hydrogens (tertiary/aromatic N) is 1. The van der Waals surface area contributed by atoms with Crippen molar-refractivity contribution in [3.63, 3.8) is 0 Å². The van der Waals surface area contributed by atoms with E-state index < -0.39 is 0 Å². The van der Waals surface area contributed by atoms with Crippen LogP contribution in [0.3, 0.4) is 0 Å². The van der Waals surface area contributed by atoms with Gasteiger partial charge in [0, 0.05) is 31.3 Å². The maximum Gasteiger partial charge on any atom is 0.125 e. The number of anilines is 1. The molecule has 0 spiro atoms. The molecule has 1 fully saturated rings. The van der Waals surface area contributed by atoms with Gasteiger partial charge in [-0.2, -0.15) is 0 Å². The summed E-state index contributed by atoms with van der Waals surface area (Å²) in [6.45, 7) is 4.90. The molecule has 1 heterocycles. The molecular formula is C13H18FNO2. The lowest BCUT2D eigenvalue weighted by atomic mass is 9.99. The molecule has 1 aromatic rings. The van der Waals surface area contributed by atoms with Crippen molar-refractivity contribution >= 4 is 5.69 Å². The zero-order valence-corrected chi connectivity index (χ0v) is 10.0. The molecule has 0 aliphatic carbocycles. The number of hydrogen-bond donors (Lipinski definition) is 1. The van der Waals surface area contributed by atoms with E-state index in [1.807, 2.05) is 6.92 Å². The number of aliphatic hydroxyl groups is 1. The van der Waals surface area contributed by atoms with E-state index in [4.69, 9.17) is 4.74 Å². The summed E-state index contributed by atoms with van der Waals surface area (Å²) in [4.78, 5) is 2.12. The Hall–Kier alpha value is -1.13. The summed E-state index contributed by atoms with van der Waals surface area (Å²) in [7, 11) is 0. The minimum absolute atomic E-state index is 0.0217. The van der Waals surface area contributed by atoms with Crippen LogP contribution < -0.4 is 4.90 Å². The number of rotatable bonds is 3. The van der Waals surface area contributed by atoms with E-state index >= 15 is 0 Å². The lowest BCUT2D eigenvalue weighted by Gasteiger charge is -2.31. The zero-order chi connectivity index (χ0) is 12.3. The Morgan fingerprint density at radius 1 is 1.41 bits per heavy atom. The molecule has 1 N–H and O–H groups in total. The Balaban J connectivity index is 2.31. The van der Waals surface area contributed by atoms with E-state index in [1.165, 1.54) is 6.07 Å². The van der Waals surface area contributed by atoms with Gasteiger partial charge in [-0.1, -0.05) is 13.0 Å². The van der Waals surface area contributed by atoms with Gasteiger partial charge in [-0.3, -0.25) is 0 Å². The molecule has 3 nitrogen and oxygen atoms in total. The number of halogens is 1. The van der Waals surface area contributed by atoms with Crippen LogP contribution in [0.4, 0.5) is 10.1 Å². The first kappa shape index (κ1) is 12.3. The molecule has 1 aliphatic rings. The highest BCUT2D eigenvalue weighted by molar-refractivity contribution is 5.55. The summed E-state index contributed by atoms with van der Waals surface area (Å²) in [6, 6.07) is 4.76. The highest BCUT2D eigenvalue weighted by atomic mass is 19.1. The second kappa shape index (κ2) is 5.47. The molecular weight excluding hydrogens is 221 g/mol. The molecule has 0 bridgehead atoms. The van der Waals surface area contributed by atoms with Crippen molar-refractivity contribution in [3.8, 4) is 0 Å². The summed E-state index contributed by atoms with van der Waals surface area (Å²) >= 11 is 0. The van der Waals surface area contributed by atoms with E-state index in [0.717, 1.165) is 24.3 Å². The SMILES string of the molecule is CC(CO)c1ccc(F)cc1N1CCOCC1. The molecule has 94 valence electrons. The minimum atomic E-state index is -0.236. The third kappa shape index (κ3) is 2.76. The predicted octanol–water partition coefficient (Wildman–Crippen LogP) is 1.76. The Bertz CT molecular complexity index is 378. The van der Waals surface area contributed by atoms with Crippen LogP contribution in [0, 0.1) is 5.82 Å². The van der Waals surface area contributed by atoms with Crippen LogP contribution in [0.15, 0.2) is 18.2 Å². The van der Waals surface area contributed by atoms with Gasteiger partial charge in [-0.05, 0) is 17.7 Å². The Morgan fingerprint density at radius 2 is 2.12 bits per heavy atom. The number of hydrogen-bond acceptors (Lipinski definition) is 3. The van der Waals surface area contributed by atoms with Gasteiger partial charge in [0.1, 0.15) is 5.82 Å². The first-order valence-corrected chi connectivity index (χ1v) is 5.95. The molecule has 2 rings (SSSR count). The van der Waals surface area contributed by atoms with Crippen molar-refractivity contribution in [1.82, 2.24) is 0 Å². The number of aliphatic hydroxyl groups excluding tert-OH is 1. The molecule has 1 saturated heterocycles. The van der Waals surface area contributed by atoms with Crippen LogP contribution in [0.2, 0.25) is 0 Å². The van der Waals surface area contributed by atoms with Gasteiger partial charge < -0.3 is 14.7 Å². The number of benzene rings is 1. The lowest BCUT2D eigenvalue weighted by molar-refractivity contribution is 0.122. The standard InChI is InChI=1S/C13H18FNO2/c1-10(9-16)12-3-2-11(14)8-13(12)15-4-6-17-7-5-15/h2-3,8,10,16H,4-7,9H2,1H3. The molecule has 1 unspecified atom stereocenters. The quantitative estimate of drug-likeness (QED) is 0.872. The van der Waals surface area contributed by atoms with Crippen molar-refractivity contribution in [2.45, 2.75) is 12.8 Å². The average molecular weight is 239 g/mol.